The molecule has 1 fully saturated rings. The Morgan fingerprint density at radius 1 is 1.31 bits per heavy atom. The van der Waals surface area contributed by atoms with Crippen LogP contribution in [0, 0.1) is 5.92 Å². The Morgan fingerprint density at radius 2 is 2.00 bits per heavy atom. The summed E-state index contributed by atoms with van der Waals surface area (Å²) < 4.78 is 0. The molecule has 0 aromatic carbocycles. The van der Waals surface area contributed by atoms with Crippen LogP contribution in [0.4, 0.5) is 5.95 Å². The lowest BCUT2D eigenvalue weighted by Gasteiger charge is -2.36. The summed E-state index contributed by atoms with van der Waals surface area (Å²) in [6.45, 7) is 6.09. The Bertz CT molecular complexity index is 335. The molecular formula is C12H20N4. The molecule has 1 aromatic heterocycles. The van der Waals surface area contributed by atoms with Crippen LogP contribution in [0.5, 0.6) is 0 Å². The first-order valence-corrected chi connectivity index (χ1v) is 5.98. The number of anilines is 1. The standard InChI is InChI=1S/C12H20N4/c1-9-3-4-10(2)16(8-9)12-14-6-11(5-13)7-15-12/h6-7,9-10H,3-5,8,13H2,1-2H3. The van der Waals surface area contributed by atoms with Crippen molar-refractivity contribution in [3.63, 3.8) is 0 Å². The van der Waals surface area contributed by atoms with Gasteiger partial charge in [0.05, 0.1) is 0 Å². The maximum Gasteiger partial charge on any atom is 0.225 e. The number of nitrogens with two attached hydrogens (primary N) is 1. The fourth-order valence-corrected chi connectivity index (χ4v) is 2.17. The molecule has 1 aliphatic rings. The summed E-state index contributed by atoms with van der Waals surface area (Å²) in [5, 5.41) is 0. The maximum atomic E-state index is 5.53. The molecule has 0 bridgehead atoms. The topological polar surface area (TPSA) is 55.0 Å². The molecular weight excluding hydrogens is 200 g/mol. The molecule has 2 rings (SSSR count). The summed E-state index contributed by atoms with van der Waals surface area (Å²) in [4.78, 5) is 11.1. The van der Waals surface area contributed by atoms with E-state index in [1.165, 1.54) is 12.8 Å². The van der Waals surface area contributed by atoms with Crippen LogP contribution >= 0.6 is 0 Å². The molecule has 1 aliphatic heterocycles. The number of aromatic nitrogens is 2. The van der Waals surface area contributed by atoms with Gasteiger partial charge in [-0.2, -0.15) is 0 Å². The molecule has 16 heavy (non-hydrogen) atoms. The van der Waals surface area contributed by atoms with Crippen LogP contribution in [0.25, 0.3) is 0 Å². The SMILES string of the molecule is CC1CCC(C)N(c2ncc(CN)cn2)C1. The van der Waals surface area contributed by atoms with E-state index in [9.17, 15) is 0 Å². The Morgan fingerprint density at radius 3 is 2.62 bits per heavy atom. The Hall–Kier alpha value is -1.16. The molecule has 0 saturated carbocycles. The van der Waals surface area contributed by atoms with E-state index in [2.05, 4.69) is 28.7 Å². The minimum atomic E-state index is 0.506. The molecule has 2 atom stereocenters. The lowest BCUT2D eigenvalue weighted by atomic mass is 9.95. The van der Waals surface area contributed by atoms with Gasteiger partial charge in [-0.25, -0.2) is 9.97 Å². The first-order valence-electron chi connectivity index (χ1n) is 5.98. The number of nitrogens with zero attached hydrogens (tertiary/aromatic N) is 3. The first kappa shape index (κ1) is 11.3. The molecule has 0 amide bonds. The second kappa shape index (κ2) is 4.78. The minimum Gasteiger partial charge on any atom is -0.338 e. The van der Waals surface area contributed by atoms with Crippen molar-refractivity contribution in [1.29, 1.82) is 0 Å². The lowest BCUT2D eigenvalue weighted by Crippen LogP contribution is -2.42. The normalized spacial score (nSPS) is 25.8. The highest BCUT2D eigenvalue weighted by Gasteiger charge is 2.24. The highest BCUT2D eigenvalue weighted by atomic mass is 15.3. The lowest BCUT2D eigenvalue weighted by molar-refractivity contribution is 0.385. The molecule has 88 valence electrons. The van der Waals surface area contributed by atoms with Crippen molar-refractivity contribution in [3.8, 4) is 0 Å². The van der Waals surface area contributed by atoms with E-state index >= 15 is 0 Å². The number of hydrogen-bond acceptors (Lipinski definition) is 4. The second-order valence-corrected chi connectivity index (χ2v) is 4.78. The quantitative estimate of drug-likeness (QED) is 0.821. The molecule has 2 heterocycles. The van der Waals surface area contributed by atoms with Crippen molar-refractivity contribution >= 4 is 5.95 Å². The molecule has 2 N–H and O–H groups in total. The van der Waals surface area contributed by atoms with E-state index in [1.54, 1.807) is 0 Å². The molecule has 0 aliphatic carbocycles. The molecule has 2 unspecified atom stereocenters. The average Bonchev–Trinajstić information content (AvgIpc) is 2.32. The van der Waals surface area contributed by atoms with Gasteiger partial charge in [0.15, 0.2) is 0 Å². The molecule has 0 radical (unpaired) electrons. The molecule has 4 heteroatoms. The number of rotatable bonds is 2. The van der Waals surface area contributed by atoms with Gasteiger partial charge in [-0.15, -0.1) is 0 Å². The number of hydrogen-bond donors (Lipinski definition) is 1. The van der Waals surface area contributed by atoms with Crippen molar-refractivity contribution in [2.45, 2.75) is 39.3 Å². The van der Waals surface area contributed by atoms with Crippen LogP contribution in [0.1, 0.15) is 32.3 Å². The van der Waals surface area contributed by atoms with Crippen LogP contribution in [0.3, 0.4) is 0 Å². The zero-order valence-corrected chi connectivity index (χ0v) is 10.1. The summed E-state index contributed by atoms with van der Waals surface area (Å²) in [5.74, 6) is 1.57. The summed E-state index contributed by atoms with van der Waals surface area (Å²) in [6.07, 6.45) is 6.18. The van der Waals surface area contributed by atoms with E-state index in [0.29, 0.717) is 12.6 Å². The van der Waals surface area contributed by atoms with Gasteiger partial charge in [0.1, 0.15) is 0 Å². The minimum absolute atomic E-state index is 0.506. The third-order valence-electron chi connectivity index (χ3n) is 3.30. The Labute approximate surface area is 96.9 Å². The van der Waals surface area contributed by atoms with Gasteiger partial charge in [0.2, 0.25) is 5.95 Å². The third kappa shape index (κ3) is 2.32. The zero-order valence-electron chi connectivity index (χ0n) is 10.1. The number of piperidine rings is 1. The van der Waals surface area contributed by atoms with Crippen molar-refractivity contribution in [3.05, 3.63) is 18.0 Å². The predicted molar refractivity (Wildman–Crippen MR) is 65.1 cm³/mol. The predicted octanol–water partition coefficient (Wildman–Crippen LogP) is 1.56. The van der Waals surface area contributed by atoms with Gasteiger partial charge < -0.3 is 10.6 Å². The molecule has 1 aromatic rings. The first-order chi connectivity index (χ1) is 7.70. The smallest absolute Gasteiger partial charge is 0.225 e. The van der Waals surface area contributed by atoms with Crippen LogP contribution in [0.2, 0.25) is 0 Å². The zero-order chi connectivity index (χ0) is 11.5. The van der Waals surface area contributed by atoms with E-state index in [4.69, 9.17) is 5.73 Å². The molecule has 0 spiro atoms. The Balaban J connectivity index is 2.15. The maximum absolute atomic E-state index is 5.53. The summed E-state index contributed by atoms with van der Waals surface area (Å²) in [7, 11) is 0. The van der Waals surface area contributed by atoms with E-state index in [-0.39, 0.29) is 0 Å². The van der Waals surface area contributed by atoms with Crippen molar-refractivity contribution in [2.75, 3.05) is 11.4 Å². The van der Waals surface area contributed by atoms with Crippen LogP contribution in [-0.4, -0.2) is 22.6 Å². The van der Waals surface area contributed by atoms with Gasteiger partial charge >= 0.3 is 0 Å². The van der Waals surface area contributed by atoms with Crippen LogP contribution in [0.15, 0.2) is 12.4 Å². The van der Waals surface area contributed by atoms with Crippen molar-refractivity contribution in [2.24, 2.45) is 11.7 Å². The highest BCUT2D eigenvalue weighted by Crippen LogP contribution is 2.24. The van der Waals surface area contributed by atoms with Crippen LogP contribution in [-0.2, 0) is 6.54 Å². The summed E-state index contributed by atoms with van der Waals surface area (Å²) >= 11 is 0. The van der Waals surface area contributed by atoms with Gasteiger partial charge in [-0.1, -0.05) is 6.92 Å². The summed E-state index contributed by atoms with van der Waals surface area (Å²) in [6, 6.07) is 0.542. The Kier molecular flexibility index (Phi) is 3.39. The average molecular weight is 220 g/mol. The van der Waals surface area contributed by atoms with Gasteiger partial charge in [-0.3, -0.25) is 0 Å². The largest absolute Gasteiger partial charge is 0.338 e. The molecule has 4 nitrogen and oxygen atoms in total. The van der Waals surface area contributed by atoms with Crippen molar-refractivity contribution in [1.82, 2.24) is 9.97 Å². The van der Waals surface area contributed by atoms with Crippen molar-refractivity contribution < 1.29 is 0 Å². The van der Waals surface area contributed by atoms with Gasteiger partial charge in [0.25, 0.3) is 0 Å². The van der Waals surface area contributed by atoms with E-state index in [1.807, 2.05) is 12.4 Å². The molecule has 1 saturated heterocycles. The summed E-state index contributed by atoms with van der Waals surface area (Å²) in [5.41, 5.74) is 6.52. The van der Waals surface area contributed by atoms with Crippen LogP contribution < -0.4 is 10.6 Å². The van der Waals surface area contributed by atoms with E-state index in [0.717, 1.165) is 24.0 Å². The third-order valence-corrected chi connectivity index (χ3v) is 3.30. The second-order valence-electron chi connectivity index (χ2n) is 4.78. The fourth-order valence-electron chi connectivity index (χ4n) is 2.17. The van der Waals surface area contributed by atoms with Gasteiger partial charge in [0, 0.05) is 37.1 Å². The van der Waals surface area contributed by atoms with Gasteiger partial charge in [-0.05, 0) is 25.7 Å². The highest BCUT2D eigenvalue weighted by molar-refractivity contribution is 5.32. The monoisotopic (exact) mass is 220 g/mol. The fraction of sp³-hybridized carbons (Fsp3) is 0.667. The van der Waals surface area contributed by atoms with E-state index < -0.39 is 0 Å².